The van der Waals surface area contributed by atoms with Crippen LogP contribution in [0.15, 0.2) is 78.9 Å². The van der Waals surface area contributed by atoms with Crippen LogP contribution in [0.1, 0.15) is 16.8 Å². The largest absolute Gasteiger partial charge is 0.497 e. The summed E-state index contributed by atoms with van der Waals surface area (Å²) in [5, 5.41) is 1.08. The van der Waals surface area contributed by atoms with Crippen molar-refractivity contribution < 1.29 is 4.74 Å². The summed E-state index contributed by atoms with van der Waals surface area (Å²) in [6.07, 6.45) is 4.14. The van der Waals surface area contributed by atoms with Crippen LogP contribution in [0.2, 0.25) is 0 Å². The van der Waals surface area contributed by atoms with Crippen LogP contribution < -0.4 is 4.74 Å². The minimum atomic E-state index is 0.848. The third kappa shape index (κ3) is 3.90. The predicted octanol–water partition coefficient (Wildman–Crippen LogP) is 6.39. The number of aromatic nitrogens is 1. The van der Waals surface area contributed by atoms with Gasteiger partial charge in [-0.05, 0) is 54.0 Å². The fraction of sp³-hybridized carbons (Fsp3) is 0.0800. The van der Waals surface area contributed by atoms with Gasteiger partial charge in [-0.15, -0.1) is 0 Å². The molecule has 0 atom stereocenters. The first-order valence-electron chi connectivity index (χ1n) is 9.01. The van der Waals surface area contributed by atoms with Gasteiger partial charge in [-0.2, -0.15) is 0 Å². The molecule has 4 aromatic rings. The van der Waals surface area contributed by atoms with Gasteiger partial charge in [0.1, 0.15) is 5.75 Å². The Morgan fingerprint density at radius 1 is 0.741 bits per heavy atom. The third-order valence-corrected chi connectivity index (χ3v) is 4.66. The van der Waals surface area contributed by atoms with Crippen LogP contribution >= 0.6 is 0 Å². The number of fused-ring (bicyclic) bond motifs is 1. The number of rotatable bonds is 4. The maximum atomic E-state index is 5.26. The van der Waals surface area contributed by atoms with Crippen LogP contribution in [0.25, 0.3) is 34.2 Å². The highest BCUT2D eigenvalue weighted by Gasteiger charge is 2.00. The second-order valence-electron chi connectivity index (χ2n) is 6.62. The molecule has 0 unspecified atom stereocenters. The summed E-state index contributed by atoms with van der Waals surface area (Å²) in [6.45, 7) is 2.11. The van der Waals surface area contributed by atoms with Crippen molar-refractivity contribution in [2.24, 2.45) is 0 Å². The van der Waals surface area contributed by atoms with E-state index in [1.807, 2.05) is 30.3 Å². The summed E-state index contributed by atoms with van der Waals surface area (Å²) < 4.78 is 5.26. The molecule has 0 spiro atoms. The maximum absolute atomic E-state index is 5.26. The molecule has 4 rings (SSSR count). The molecule has 0 aliphatic rings. The number of methoxy groups -OCH3 is 1. The van der Waals surface area contributed by atoms with E-state index in [1.165, 1.54) is 16.7 Å². The molecule has 0 N–H and O–H groups in total. The third-order valence-electron chi connectivity index (χ3n) is 4.66. The molecular weight excluding hydrogens is 330 g/mol. The quantitative estimate of drug-likeness (QED) is 0.425. The highest BCUT2D eigenvalue weighted by atomic mass is 16.5. The van der Waals surface area contributed by atoms with E-state index in [9.17, 15) is 0 Å². The standard InChI is InChI=1S/C25H21NO/c1-18-3-8-20(9-4-18)21-10-5-19(6-11-21)7-13-23-14-12-22-17-24(27-2)15-16-25(22)26-23/h3-17H,1-2H3/b13-7+. The average Bonchev–Trinajstić information content (AvgIpc) is 2.72. The molecule has 1 aromatic heterocycles. The molecule has 2 nitrogen and oxygen atoms in total. The van der Waals surface area contributed by atoms with E-state index in [0.29, 0.717) is 0 Å². The predicted molar refractivity (Wildman–Crippen MR) is 114 cm³/mol. The smallest absolute Gasteiger partial charge is 0.119 e. The molecular formula is C25H21NO. The molecule has 0 bridgehead atoms. The van der Waals surface area contributed by atoms with E-state index in [0.717, 1.165) is 27.9 Å². The summed E-state index contributed by atoms with van der Waals surface area (Å²) in [6, 6.07) is 27.2. The molecule has 0 aliphatic heterocycles. The van der Waals surface area contributed by atoms with Crippen LogP contribution in [-0.2, 0) is 0 Å². The van der Waals surface area contributed by atoms with Gasteiger partial charge in [0.25, 0.3) is 0 Å². The lowest BCUT2D eigenvalue weighted by Gasteiger charge is -2.04. The molecule has 0 aliphatic carbocycles. The molecule has 0 saturated heterocycles. The number of nitrogens with zero attached hydrogens (tertiary/aromatic N) is 1. The molecule has 27 heavy (non-hydrogen) atoms. The SMILES string of the molecule is COc1ccc2nc(/C=C/c3ccc(-c4ccc(C)cc4)cc3)ccc2c1. The zero-order valence-electron chi connectivity index (χ0n) is 15.5. The lowest BCUT2D eigenvalue weighted by atomic mass is 10.0. The lowest BCUT2D eigenvalue weighted by molar-refractivity contribution is 0.415. The second-order valence-corrected chi connectivity index (χ2v) is 6.62. The Balaban J connectivity index is 1.53. The Hall–Kier alpha value is -3.39. The highest BCUT2D eigenvalue weighted by Crippen LogP contribution is 2.22. The van der Waals surface area contributed by atoms with Crippen LogP contribution in [0.4, 0.5) is 0 Å². The van der Waals surface area contributed by atoms with Gasteiger partial charge in [-0.1, -0.05) is 66.2 Å². The van der Waals surface area contributed by atoms with Gasteiger partial charge in [0, 0.05) is 5.39 Å². The first-order chi connectivity index (χ1) is 13.2. The molecule has 0 amide bonds. The van der Waals surface area contributed by atoms with Gasteiger partial charge in [-0.25, -0.2) is 4.98 Å². The van der Waals surface area contributed by atoms with Gasteiger partial charge < -0.3 is 4.74 Å². The number of hydrogen-bond donors (Lipinski definition) is 0. The van der Waals surface area contributed by atoms with Gasteiger partial charge in [0.2, 0.25) is 0 Å². The van der Waals surface area contributed by atoms with Crippen LogP contribution in [0, 0.1) is 6.92 Å². The first kappa shape index (κ1) is 17.0. The van der Waals surface area contributed by atoms with Crippen molar-refractivity contribution in [2.45, 2.75) is 6.92 Å². The molecule has 3 aromatic carbocycles. The molecule has 2 heteroatoms. The van der Waals surface area contributed by atoms with E-state index in [2.05, 4.69) is 67.6 Å². The number of benzene rings is 3. The summed E-state index contributed by atoms with van der Waals surface area (Å²) in [7, 11) is 1.68. The lowest BCUT2D eigenvalue weighted by Crippen LogP contribution is -1.86. The van der Waals surface area contributed by atoms with Crippen molar-refractivity contribution in [1.82, 2.24) is 4.98 Å². The van der Waals surface area contributed by atoms with E-state index in [1.54, 1.807) is 7.11 Å². The van der Waals surface area contributed by atoms with E-state index < -0.39 is 0 Å². The summed E-state index contributed by atoms with van der Waals surface area (Å²) in [5.41, 5.74) is 6.80. The van der Waals surface area contributed by atoms with Crippen molar-refractivity contribution >= 4 is 23.1 Å². The van der Waals surface area contributed by atoms with Crippen molar-refractivity contribution in [2.75, 3.05) is 7.11 Å². The Morgan fingerprint density at radius 2 is 1.44 bits per heavy atom. The van der Waals surface area contributed by atoms with E-state index in [4.69, 9.17) is 9.72 Å². The van der Waals surface area contributed by atoms with Crippen molar-refractivity contribution in [1.29, 1.82) is 0 Å². The molecule has 0 saturated carbocycles. The molecule has 1 heterocycles. The fourth-order valence-electron chi connectivity index (χ4n) is 3.05. The van der Waals surface area contributed by atoms with Crippen molar-refractivity contribution in [3.8, 4) is 16.9 Å². The van der Waals surface area contributed by atoms with E-state index in [-0.39, 0.29) is 0 Å². The Labute approximate surface area is 159 Å². The minimum Gasteiger partial charge on any atom is -0.497 e. The van der Waals surface area contributed by atoms with Crippen LogP contribution in [-0.4, -0.2) is 12.1 Å². The van der Waals surface area contributed by atoms with Gasteiger partial charge >= 0.3 is 0 Å². The number of pyridine rings is 1. The Kier molecular flexibility index (Phi) is 4.71. The number of aryl methyl sites for hydroxylation is 1. The summed E-state index contributed by atoms with van der Waals surface area (Å²) in [5.74, 6) is 0.848. The minimum absolute atomic E-state index is 0.848. The fourth-order valence-corrected chi connectivity index (χ4v) is 3.05. The van der Waals surface area contributed by atoms with Crippen LogP contribution in [0.3, 0.4) is 0 Å². The van der Waals surface area contributed by atoms with Crippen LogP contribution in [0.5, 0.6) is 5.75 Å². The number of hydrogen-bond acceptors (Lipinski definition) is 2. The zero-order valence-corrected chi connectivity index (χ0v) is 15.5. The molecule has 0 fully saturated rings. The maximum Gasteiger partial charge on any atom is 0.119 e. The Morgan fingerprint density at radius 3 is 2.15 bits per heavy atom. The van der Waals surface area contributed by atoms with Gasteiger partial charge in [-0.3, -0.25) is 0 Å². The zero-order chi connectivity index (χ0) is 18.6. The highest BCUT2D eigenvalue weighted by molar-refractivity contribution is 5.82. The summed E-state index contributed by atoms with van der Waals surface area (Å²) in [4.78, 5) is 4.70. The van der Waals surface area contributed by atoms with E-state index >= 15 is 0 Å². The second kappa shape index (κ2) is 7.46. The first-order valence-corrected chi connectivity index (χ1v) is 9.01. The molecule has 132 valence electrons. The average molecular weight is 351 g/mol. The number of ether oxygens (including phenoxy) is 1. The van der Waals surface area contributed by atoms with Crippen molar-refractivity contribution in [3.05, 3.63) is 95.7 Å². The van der Waals surface area contributed by atoms with Gasteiger partial charge in [0.05, 0.1) is 18.3 Å². The topological polar surface area (TPSA) is 22.1 Å². The summed E-state index contributed by atoms with van der Waals surface area (Å²) >= 11 is 0. The Bertz CT molecular complexity index is 1090. The monoisotopic (exact) mass is 351 g/mol. The van der Waals surface area contributed by atoms with Crippen molar-refractivity contribution in [3.63, 3.8) is 0 Å². The van der Waals surface area contributed by atoms with Gasteiger partial charge in [0.15, 0.2) is 0 Å². The molecule has 0 radical (unpaired) electrons. The normalized spacial score (nSPS) is 11.2.